The van der Waals surface area contributed by atoms with Gasteiger partial charge in [-0.1, -0.05) is 173 Å². The van der Waals surface area contributed by atoms with Crippen molar-refractivity contribution in [1.29, 1.82) is 0 Å². The van der Waals surface area contributed by atoms with Crippen LogP contribution in [0.1, 0.15) is 73.9 Å². The number of fused-ring (bicyclic) bond motifs is 11. The van der Waals surface area contributed by atoms with Gasteiger partial charge in [0.1, 0.15) is 0 Å². The van der Waals surface area contributed by atoms with Crippen molar-refractivity contribution < 1.29 is 0 Å². The average Bonchev–Trinajstić information content (AvgIpc) is 3.73. The predicted octanol–water partition coefficient (Wildman–Crippen LogP) is 15.2. The van der Waals surface area contributed by atoms with Gasteiger partial charge in [0.25, 0.3) is 0 Å². The van der Waals surface area contributed by atoms with Gasteiger partial charge in [-0.2, -0.15) is 0 Å². The summed E-state index contributed by atoms with van der Waals surface area (Å²) in [6.45, 7) is 9.82. The summed E-state index contributed by atoms with van der Waals surface area (Å²) >= 11 is 0. The molecule has 0 fully saturated rings. The molecule has 0 aliphatic heterocycles. The second-order valence-electron chi connectivity index (χ2n) is 17.9. The lowest BCUT2D eigenvalue weighted by Gasteiger charge is -2.43. The molecule has 58 heavy (non-hydrogen) atoms. The zero-order valence-electron chi connectivity index (χ0n) is 33.8. The van der Waals surface area contributed by atoms with Crippen LogP contribution in [0, 0.1) is 0 Å². The van der Waals surface area contributed by atoms with E-state index in [0.29, 0.717) is 0 Å². The molecule has 0 N–H and O–H groups in total. The van der Waals surface area contributed by atoms with E-state index in [9.17, 15) is 0 Å². The van der Waals surface area contributed by atoms with Crippen LogP contribution in [0.2, 0.25) is 0 Å². The normalized spacial score (nSPS) is 15.9. The fraction of sp³-hybridized carbons (Fsp3) is 0.158. The Bertz CT molecular complexity index is 2730. The topological polar surface area (TPSA) is 3.24 Å². The van der Waals surface area contributed by atoms with E-state index in [4.69, 9.17) is 0 Å². The van der Waals surface area contributed by atoms with Crippen molar-refractivity contribution in [3.63, 3.8) is 0 Å². The van der Waals surface area contributed by atoms with Gasteiger partial charge >= 0.3 is 0 Å². The van der Waals surface area contributed by atoms with Gasteiger partial charge in [-0.15, -0.1) is 0 Å². The van der Waals surface area contributed by atoms with Crippen LogP contribution in [0.25, 0.3) is 44.5 Å². The van der Waals surface area contributed by atoms with E-state index in [1.165, 1.54) is 90.7 Å². The monoisotopic (exact) mass is 745 g/mol. The molecule has 0 atom stereocenters. The van der Waals surface area contributed by atoms with Crippen molar-refractivity contribution in [1.82, 2.24) is 0 Å². The van der Waals surface area contributed by atoms with Gasteiger partial charge in [0.15, 0.2) is 0 Å². The molecule has 0 heterocycles. The van der Waals surface area contributed by atoms with Crippen LogP contribution < -0.4 is 4.90 Å². The van der Waals surface area contributed by atoms with E-state index in [0.717, 1.165) is 17.1 Å². The maximum Gasteiger partial charge on any atom is 0.0726 e. The Morgan fingerprint density at radius 1 is 0.310 bits per heavy atom. The molecule has 0 bridgehead atoms. The summed E-state index contributed by atoms with van der Waals surface area (Å²) in [5.74, 6) is 0. The molecule has 11 rings (SSSR count). The minimum Gasteiger partial charge on any atom is -0.310 e. The lowest BCUT2D eigenvalue weighted by Crippen LogP contribution is -2.35. The van der Waals surface area contributed by atoms with Crippen LogP contribution in [-0.4, -0.2) is 0 Å². The largest absolute Gasteiger partial charge is 0.310 e. The fourth-order valence-corrected chi connectivity index (χ4v) is 10.6. The van der Waals surface area contributed by atoms with Gasteiger partial charge in [0, 0.05) is 17.1 Å². The molecule has 8 aromatic carbocycles. The van der Waals surface area contributed by atoms with E-state index in [1.807, 2.05) is 0 Å². The highest BCUT2D eigenvalue weighted by Crippen LogP contribution is 2.65. The van der Waals surface area contributed by atoms with Gasteiger partial charge < -0.3 is 4.90 Å². The molecular formula is C57H47N. The van der Waals surface area contributed by atoms with Crippen LogP contribution in [-0.2, 0) is 16.2 Å². The third-order valence-electron chi connectivity index (χ3n) is 13.8. The second kappa shape index (κ2) is 12.8. The summed E-state index contributed by atoms with van der Waals surface area (Å²) in [4.78, 5) is 2.45. The van der Waals surface area contributed by atoms with Crippen LogP contribution in [0.4, 0.5) is 17.1 Å². The minimum absolute atomic E-state index is 0.0905. The SMILES string of the molecule is CC1(C)CCC(C)(C)c2cc3c(cc21)-c1ccc(N(c2ccc(-c4ccccc4)cc2)c2ccc(-c4ccccc4)cc2)cc1C31c2ccccc2-c2ccccc21. The Labute approximate surface area is 343 Å². The standard InChI is InChI=1S/C57H47N/c1-55(2)33-34-56(3,4)54-37-52-48(36-53(54)55)47-32-31-44(35-51(47)57(52)49-21-13-11-19-45(49)46-20-12-14-22-50(46)57)58(42-27-23-40(24-28-42)38-15-7-5-8-16-38)43-29-25-41(26-30-43)39-17-9-6-10-18-39/h5-32,35-37H,33-34H2,1-4H3. The van der Waals surface area contributed by atoms with Crippen molar-refractivity contribution in [2.75, 3.05) is 4.90 Å². The molecule has 8 aromatic rings. The van der Waals surface area contributed by atoms with E-state index < -0.39 is 5.41 Å². The van der Waals surface area contributed by atoms with E-state index in [2.05, 4.69) is 221 Å². The summed E-state index contributed by atoms with van der Waals surface area (Å²) in [5, 5.41) is 0. The third kappa shape index (κ3) is 5.09. The summed E-state index contributed by atoms with van der Waals surface area (Å²) in [5.41, 5.74) is 22.0. The second-order valence-corrected chi connectivity index (χ2v) is 17.9. The number of hydrogen-bond donors (Lipinski definition) is 0. The number of anilines is 3. The Morgan fingerprint density at radius 3 is 1.22 bits per heavy atom. The molecule has 0 radical (unpaired) electrons. The smallest absolute Gasteiger partial charge is 0.0726 e. The molecule has 0 amide bonds. The Hall–Kier alpha value is -6.44. The number of benzene rings is 8. The summed E-state index contributed by atoms with van der Waals surface area (Å²) in [6, 6.07) is 70.5. The average molecular weight is 746 g/mol. The highest BCUT2D eigenvalue weighted by atomic mass is 15.1. The van der Waals surface area contributed by atoms with Crippen molar-refractivity contribution in [2.45, 2.75) is 56.8 Å². The van der Waals surface area contributed by atoms with Gasteiger partial charge in [0.05, 0.1) is 5.41 Å². The first kappa shape index (κ1) is 34.8. The number of rotatable bonds is 5. The van der Waals surface area contributed by atoms with E-state index in [1.54, 1.807) is 0 Å². The highest BCUT2D eigenvalue weighted by molar-refractivity contribution is 5.97. The van der Waals surface area contributed by atoms with Crippen LogP contribution in [0.5, 0.6) is 0 Å². The first-order valence-electron chi connectivity index (χ1n) is 20.9. The van der Waals surface area contributed by atoms with Crippen LogP contribution >= 0.6 is 0 Å². The Morgan fingerprint density at radius 2 is 0.707 bits per heavy atom. The van der Waals surface area contributed by atoms with Gasteiger partial charge in [-0.05, 0) is 144 Å². The van der Waals surface area contributed by atoms with Crippen molar-refractivity contribution in [2.24, 2.45) is 0 Å². The number of hydrogen-bond acceptors (Lipinski definition) is 1. The molecule has 3 aliphatic rings. The van der Waals surface area contributed by atoms with Crippen molar-refractivity contribution in [3.05, 3.63) is 221 Å². The van der Waals surface area contributed by atoms with E-state index in [-0.39, 0.29) is 10.8 Å². The first-order valence-corrected chi connectivity index (χ1v) is 20.9. The summed E-state index contributed by atoms with van der Waals surface area (Å²) in [6.07, 6.45) is 2.37. The lowest BCUT2D eigenvalue weighted by molar-refractivity contribution is 0.331. The molecular weight excluding hydrogens is 699 g/mol. The Kier molecular flexibility index (Phi) is 7.67. The molecule has 1 spiro atoms. The molecule has 280 valence electrons. The zero-order valence-corrected chi connectivity index (χ0v) is 33.8. The molecule has 0 unspecified atom stereocenters. The lowest BCUT2D eigenvalue weighted by atomic mass is 9.61. The van der Waals surface area contributed by atoms with Crippen LogP contribution in [0.3, 0.4) is 0 Å². The quantitative estimate of drug-likeness (QED) is 0.170. The molecule has 0 aromatic heterocycles. The summed E-state index contributed by atoms with van der Waals surface area (Å²) < 4.78 is 0. The number of nitrogens with zero attached hydrogens (tertiary/aromatic N) is 1. The highest BCUT2D eigenvalue weighted by Gasteiger charge is 2.53. The maximum absolute atomic E-state index is 2.65. The molecule has 1 nitrogen and oxygen atoms in total. The van der Waals surface area contributed by atoms with Crippen molar-refractivity contribution >= 4 is 17.1 Å². The van der Waals surface area contributed by atoms with Gasteiger partial charge in [-0.3, -0.25) is 0 Å². The zero-order chi connectivity index (χ0) is 39.2. The molecule has 1 heteroatoms. The minimum atomic E-state index is -0.444. The third-order valence-corrected chi connectivity index (χ3v) is 13.8. The van der Waals surface area contributed by atoms with Gasteiger partial charge in [-0.25, -0.2) is 0 Å². The van der Waals surface area contributed by atoms with Gasteiger partial charge in [0.2, 0.25) is 0 Å². The molecule has 0 saturated heterocycles. The Balaban J connectivity index is 1.16. The first-order chi connectivity index (χ1) is 28.2. The fourth-order valence-electron chi connectivity index (χ4n) is 10.6. The summed E-state index contributed by atoms with van der Waals surface area (Å²) in [7, 11) is 0. The van der Waals surface area contributed by atoms with Crippen molar-refractivity contribution in [3.8, 4) is 44.5 Å². The maximum atomic E-state index is 2.65. The van der Waals surface area contributed by atoms with E-state index >= 15 is 0 Å². The predicted molar refractivity (Wildman–Crippen MR) is 244 cm³/mol. The molecule has 0 saturated carbocycles. The molecule has 3 aliphatic carbocycles. The van der Waals surface area contributed by atoms with Crippen LogP contribution in [0.15, 0.2) is 188 Å².